The van der Waals surface area contributed by atoms with Crippen LogP contribution < -0.4 is 5.32 Å². The number of anilines is 1. The first kappa shape index (κ1) is 14.5. The maximum absolute atomic E-state index is 12.0. The summed E-state index contributed by atoms with van der Waals surface area (Å²) in [7, 11) is 0. The number of amides is 1. The Bertz CT molecular complexity index is 665. The van der Waals surface area contributed by atoms with Crippen molar-refractivity contribution >= 4 is 38.6 Å². The van der Waals surface area contributed by atoms with E-state index in [0.29, 0.717) is 5.13 Å². The largest absolute Gasteiger partial charge is 0.481 e. The van der Waals surface area contributed by atoms with Crippen LogP contribution in [0.15, 0.2) is 18.2 Å². The molecule has 6 heteroatoms. The zero-order valence-corrected chi connectivity index (χ0v) is 12.3. The second-order valence-corrected chi connectivity index (χ2v) is 5.93. The number of hydrogen-bond donors (Lipinski definition) is 2. The van der Waals surface area contributed by atoms with E-state index in [1.165, 1.54) is 18.3 Å². The predicted octanol–water partition coefficient (Wildman–Crippen LogP) is 2.90. The number of nitrogens with one attached hydrogen (secondary N) is 1. The third-order valence-corrected chi connectivity index (χ3v) is 4.26. The van der Waals surface area contributed by atoms with Gasteiger partial charge in [-0.15, -0.1) is 0 Å². The fraction of sp³-hybridized carbons (Fsp3) is 0.357. The van der Waals surface area contributed by atoms with Crippen molar-refractivity contribution < 1.29 is 14.7 Å². The van der Waals surface area contributed by atoms with Crippen LogP contribution in [0.5, 0.6) is 0 Å². The molecule has 1 aromatic carbocycles. The second-order valence-electron chi connectivity index (χ2n) is 4.90. The first-order chi connectivity index (χ1) is 9.38. The number of aromatic nitrogens is 1. The van der Waals surface area contributed by atoms with Gasteiger partial charge in [0.15, 0.2) is 5.13 Å². The fourth-order valence-electron chi connectivity index (χ4n) is 1.75. The molecule has 0 aliphatic rings. The third-order valence-electron chi connectivity index (χ3n) is 3.33. The number of fused-ring (bicyclic) bond motifs is 1. The number of nitrogens with zero attached hydrogens (tertiary/aromatic N) is 1. The minimum atomic E-state index is -0.979. The Kier molecular flexibility index (Phi) is 4.04. The van der Waals surface area contributed by atoms with Gasteiger partial charge in [-0.2, -0.15) is 0 Å². The Balaban J connectivity index is 2.15. The first-order valence-corrected chi connectivity index (χ1v) is 7.11. The Labute approximate surface area is 120 Å². The summed E-state index contributed by atoms with van der Waals surface area (Å²) >= 11 is 1.39. The van der Waals surface area contributed by atoms with E-state index < -0.39 is 17.8 Å². The van der Waals surface area contributed by atoms with Crippen LogP contribution in [0.3, 0.4) is 0 Å². The number of benzene rings is 1. The standard InChI is InChI=1S/C14H16N2O3S/c1-7-4-5-10-11(6-7)20-14(15-10)16-12(17)8(2)9(3)13(18)19/h4-6,8-9H,1-3H3,(H,18,19)(H,15,16,17). The monoisotopic (exact) mass is 292 g/mol. The van der Waals surface area contributed by atoms with Crippen LogP contribution in [-0.4, -0.2) is 22.0 Å². The van der Waals surface area contributed by atoms with E-state index in [2.05, 4.69) is 10.3 Å². The molecule has 0 fully saturated rings. The predicted molar refractivity (Wildman–Crippen MR) is 79.0 cm³/mol. The number of thiazole rings is 1. The number of aryl methyl sites for hydroxylation is 1. The topological polar surface area (TPSA) is 79.3 Å². The number of aliphatic carboxylic acids is 1. The summed E-state index contributed by atoms with van der Waals surface area (Å²) in [5.41, 5.74) is 1.96. The van der Waals surface area contributed by atoms with E-state index in [1.807, 2.05) is 25.1 Å². The maximum Gasteiger partial charge on any atom is 0.307 e. The third kappa shape index (κ3) is 2.96. The number of rotatable bonds is 4. The number of hydrogen-bond acceptors (Lipinski definition) is 4. The van der Waals surface area contributed by atoms with Crippen LogP contribution in [0.25, 0.3) is 10.2 Å². The summed E-state index contributed by atoms with van der Waals surface area (Å²) in [6, 6.07) is 5.87. The number of carboxylic acid groups (broad SMARTS) is 1. The molecule has 2 atom stereocenters. The molecule has 0 radical (unpaired) electrons. The minimum Gasteiger partial charge on any atom is -0.481 e. The van der Waals surface area contributed by atoms with Crippen molar-refractivity contribution in [3.63, 3.8) is 0 Å². The van der Waals surface area contributed by atoms with E-state index in [9.17, 15) is 9.59 Å². The van der Waals surface area contributed by atoms with Gasteiger partial charge in [0.1, 0.15) is 0 Å². The molecule has 0 saturated heterocycles. The molecule has 0 aliphatic carbocycles. The molecule has 2 aromatic rings. The average Bonchev–Trinajstić information content (AvgIpc) is 2.77. The number of carboxylic acids is 1. The van der Waals surface area contributed by atoms with Crippen molar-refractivity contribution in [2.45, 2.75) is 20.8 Å². The van der Waals surface area contributed by atoms with E-state index >= 15 is 0 Å². The molecule has 1 amide bonds. The Morgan fingerprint density at radius 3 is 2.65 bits per heavy atom. The van der Waals surface area contributed by atoms with E-state index in [1.54, 1.807) is 6.92 Å². The average molecular weight is 292 g/mol. The smallest absolute Gasteiger partial charge is 0.307 e. The highest BCUT2D eigenvalue weighted by molar-refractivity contribution is 7.22. The van der Waals surface area contributed by atoms with Gasteiger partial charge in [0.25, 0.3) is 0 Å². The highest BCUT2D eigenvalue weighted by Crippen LogP contribution is 2.27. The van der Waals surface area contributed by atoms with Crippen LogP contribution in [0.2, 0.25) is 0 Å². The summed E-state index contributed by atoms with van der Waals surface area (Å²) < 4.78 is 0.999. The number of carbonyl (C=O) groups is 2. The highest BCUT2D eigenvalue weighted by atomic mass is 32.1. The second kappa shape index (κ2) is 5.58. The van der Waals surface area contributed by atoms with Gasteiger partial charge in [-0.05, 0) is 24.6 Å². The molecule has 106 valence electrons. The molecule has 0 aliphatic heterocycles. The molecule has 5 nitrogen and oxygen atoms in total. The summed E-state index contributed by atoms with van der Waals surface area (Å²) in [6.45, 7) is 5.12. The molecule has 1 aromatic heterocycles. The van der Waals surface area contributed by atoms with Crippen molar-refractivity contribution in [1.82, 2.24) is 4.98 Å². The normalized spacial score (nSPS) is 13.9. The molecule has 0 bridgehead atoms. The van der Waals surface area contributed by atoms with Gasteiger partial charge in [-0.1, -0.05) is 31.3 Å². The highest BCUT2D eigenvalue weighted by Gasteiger charge is 2.26. The van der Waals surface area contributed by atoms with Crippen molar-refractivity contribution in [1.29, 1.82) is 0 Å². The minimum absolute atomic E-state index is 0.323. The molecular weight excluding hydrogens is 276 g/mol. The lowest BCUT2D eigenvalue weighted by Crippen LogP contribution is -2.29. The summed E-state index contributed by atoms with van der Waals surface area (Å²) in [6.07, 6.45) is 0. The van der Waals surface area contributed by atoms with Crippen LogP contribution in [0.1, 0.15) is 19.4 Å². The lowest BCUT2D eigenvalue weighted by atomic mass is 9.95. The molecule has 0 saturated carbocycles. The van der Waals surface area contributed by atoms with Crippen molar-refractivity contribution in [2.75, 3.05) is 5.32 Å². The van der Waals surface area contributed by atoms with Crippen molar-refractivity contribution in [3.8, 4) is 0 Å². The van der Waals surface area contributed by atoms with Crippen molar-refractivity contribution in [2.24, 2.45) is 11.8 Å². The van der Waals surface area contributed by atoms with Crippen LogP contribution in [0, 0.1) is 18.8 Å². The lowest BCUT2D eigenvalue weighted by molar-refractivity contribution is -0.145. The quantitative estimate of drug-likeness (QED) is 0.908. The van der Waals surface area contributed by atoms with Gasteiger partial charge >= 0.3 is 5.97 Å². The SMILES string of the molecule is Cc1ccc2nc(NC(=O)C(C)C(C)C(=O)O)sc2c1. The van der Waals surface area contributed by atoms with E-state index in [4.69, 9.17) is 5.11 Å². The molecule has 0 spiro atoms. The zero-order valence-electron chi connectivity index (χ0n) is 11.5. The molecular formula is C14H16N2O3S. The molecule has 2 rings (SSSR count). The molecule has 2 N–H and O–H groups in total. The van der Waals surface area contributed by atoms with Gasteiger partial charge < -0.3 is 10.4 Å². The van der Waals surface area contributed by atoms with Gasteiger partial charge in [0, 0.05) is 5.92 Å². The summed E-state index contributed by atoms with van der Waals surface area (Å²) in [5, 5.41) is 12.1. The summed E-state index contributed by atoms with van der Waals surface area (Å²) in [5.74, 6) is -2.64. The first-order valence-electron chi connectivity index (χ1n) is 6.29. The van der Waals surface area contributed by atoms with Gasteiger partial charge in [0.2, 0.25) is 5.91 Å². The van der Waals surface area contributed by atoms with Crippen LogP contribution in [-0.2, 0) is 9.59 Å². The van der Waals surface area contributed by atoms with Gasteiger partial charge in [-0.25, -0.2) is 4.98 Å². The Morgan fingerprint density at radius 1 is 1.30 bits per heavy atom. The van der Waals surface area contributed by atoms with Gasteiger partial charge in [-0.3, -0.25) is 9.59 Å². The zero-order chi connectivity index (χ0) is 14.9. The van der Waals surface area contributed by atoms with Crippen LogP contribution >= 0.6 is 11.3 Å². The van der Waals surface area contributed by atoms with Crippen LogP contribution in [0.4, 0.5) is 5.13 Å². The molecule has 1 heterocycles. The maximum atomic E-state index is 12.0. The van der Waals surface area contributed by atoms with E-state index in [0.717, 1.165) is 15.8 Å². The Hall–Kier alpha value is -1.95. The molecule has 2 unspecified atom stereocenters. The molecule has 20 heavy (non-hydrogen) atoms. The van der Waals surface area contributed by atoms with Crippen molar-refractivity contribution in [3.05, 3.63) is 23.8 Å². The Morgan fingerprint density at radius 2 is 2.00 bits per heavy atom. The lowest BCUT2D eigenvalue weighted by Gasteiger charge is -2.14. The summed E-state index contributed by atoms with van der Waals surface area (Å²) in [4.78, 5) is 27.2. The number of carbonyl (C=O) groups excluding carboxylic acids is 1. The van der Waals surface area contributed by atoms with Gasteiger partial charge in [0.05, 0.1) is 16.1 Å². The van der Waals surface area contributed by atoms with E-state index in [-0.39, 0.29) is 5.91 Å². The fourth-order valence-corrected chi connectivity index (χ4v) is 2.71.